The quantitative estimate of drug-likeness (QED) is 0.692. The summed E-state index contributed by atoms with van der Waals surface area (Å²) in [6.45, 7) is 1.62. The van der Waals surface area contributed by atoms with Crippen LogP contribution >= 0.6 is 0 Å². The van der Waals surface area contributed by atoms with Crippen LogP contribution in [-0.2, 0) is 4.79 Å². The molecule has 5 heteroatoms. The summed E-state index contributed by atoms with van der Waals surface area (Å²) in [5.41, 5.74) is 1.84. The first kappa shape index (κ1) is 16.5. The average molecular weight is 333 g/mol. The number of imide groups is 1. The maximum atomic E-state index is 12.5. The molecule has 1 atom stereocenters. The molecule has 1 heterocycles. The van der Waals surface area contributed by atoms with Crippen molar-refractivity contribution >= 4 is 17.8 Å². The average Bonchev–Trinajstić information content (AvgIpc) is 2.86. The van der Waals surface area contributed by atoms with E-state index in [1.54, 1.807) is 19.1 Å². The van der Waals surface area contributed by atoms with E-state index in [0.29, 0.717) is 5.56 Å². The summed E-state index contributed by atoms with van der Waals surface area (Å²) >= 11 is 0. The van der Waals surface area contributed by atoms with Crippen LogP contribution in [0, 0.1) is 11.8 Å². The summed E-state index contributed by atoms with van der Waals surface area (Å²) in [4.78, 5) is 37.1. The molecule has 0 saturated carbocycles. The van der Waals surface area contributed by atoms with Crippen molar-refractivity contribution in [3.05, 3.63) is 70.8 Å². The molecule has 1 N–H and O–H groups in total. The molecule has 3 rings (SSSR count). The summed E-state index contributed by atoms with van der Waals surface area (Å²) < 4.78 is 0. The SMILES string of the molecule is CC[C@@H](C(=O)O)N1C(=O)c2ccc(C#Cc3ccccc3)cc2C1=O. The van der Waals surface area contributed by atoms with Crippen LogP contribution < -0.4 is 0 Å². The van der Waals surface area contributed by atoms with E-state index in [4.69, 9.17) is 0 Å². The normalized spacial score (nSPS) is 13.9. The number of nitrogens with zero attached hydrogens (tertiary/aromatic N) is 1. The monoisotopic (exact) mass is 333 g/mol. The van der Waals surface area contributed by atoms with Crippen molar-refractivity contribution < 1.29 is 19.5 Å². The molecule has 2 aromatic rings. The predicted octanol–water partition coefficient (Wildman–Crippen LogP) is 2.55. The van der Waals surface area contributed by atoms with Crippen molar-refractivity contribution in [2.24, 2.45) is 0 Å². The zero-order chi connectivity index (χ0) is 18.0. The number of carboxylic acid groups (broad SMARTS) is 1. The van der Waals surface area contributed by atoms with Gasteiger partial charge in [-0.3, -0.25) is 14.5 Å². The molecule has 0 saturated heterocycles. The van der Waals surface area contributed by atoms with Crippen LogP contribution in [0.3, 0.4) is 0 Å². The fourth-order valence-corrected chi connectivity index (χ4v) is 2.75. The van der Waals surface area contributed by atoms with Gasteiger partial charge in [0.25, 0.3) is 11.8 Å². The smallest absolute Gasteiger partial charge is 0.326 e. The van der Waals surface area contributed by atoms with Crippen LogP contribution in [0.15, 0.2) is 48.5 Å². The molecule has 1 aliphatic heterocycles. The van der Waals surface area contributed by atoms with Gasteiger partial charge in [-0.1, -0.05) is 37.0 Å². The third-order valence-electron chi connectivity index (χ3n) is 4.03. The van der Waals surface area contributed by atoms with Gasteiger partial charge in [0, 0.05) is 11.1 Å². The van der Waals surface area contributed by atoms with Gasteiger partial charge in [0.15, 0.2) is 0 Å². The van der Waals surface area contributed by atoms with Crippen LogP contribution in [0.5, 0.6) is 0 Å². The number of carbonyl (C=O) groups is 3. The molecule has 2 amide bonds. The predicted molar refractivity (Wildman–Crippen MR) is 91.1 cm³/mol. The number of aliphatic carboxylic acids is 1. The molecule has 0 aromatic heterocycles. The molecule has 0 spiro atoms. The molecule has 5 nitrogen and oxygen atoms in total. The molecule has 0 bridgehead atoms. The molecule has 0 fully saturated rings. The Bertz CT molecular complexity index is 922. The zero-order valence-corrected chi connectivity index (χ0v) is 13.5. The van der Waals surface area contributed by atoms with E-state index in [1.165, 1.54) is 6.07 Å². The molecule has 25 heavy (non-hydrogen) atoms. The standard InChI is InChI=1S/C20H15NO4/c1-2-17(20(24)25)21-18(22)15-11-10-14(12-16(15)19(21)23)9-8-13-6-4-3-5-7-13/h3-7,10-12,17H,2H2,1H3,(H,24,25)/t17-/m0/s1. The van der Waals surface area contributed by atoms with Gasteiger partial charge >= 0.3 is 5.97 Å². The van der Waals surface area contributed by atoms with Gasteiger partial charge in [0.2, 0.25) is 0 Å². The fourth-order valence-electron chi connectivity index (χ4n) is 2.75. The number of hydrogen-bond donors (Lipinski definition) is 1. The number of benzene rings is 2. The summed E-state index contributed by atoms with van der Waals surface area (Å²) in [5, 5.41) is 9.24. The van der Waals surface area contributed by atoms with Gasteiger partial charge in [-0.25, -0.2) is 4.79 Å². The number of rotatable bonds is 3. The summed E-state index contributed by atoms with van der Waals surface area (Å²) in [7, 11) is 0. The first-order valence-corrected chi connectivity index (χ1v) is 7.84. The van der Waals surface area contributed by atoms with E-state index >= 15 is 0 Å². The molecular formula is C20H15NO4. The van der Waals surface area contributed by atoms with Gasteiger partial charge in [-0.05, 0) is 36.8 Å². The van der Waals surface area contributed by atoms with Crippen molar-refractivity contribution in [2.75, 3.05) is 0 Å². The maximum absolute atomic E-state index is 12.5. The number of amides is 2. The third-order valence-corrected chi connectivity index (χ3v) is 4.03. The lowest BCUT2D eigenvalue weighted by atomic mass is 10.1. The third kappa shape index (κ3) is 3.02. The number of hydrogen-bond acceptors (Lipinski definition) is 3. The molecule has 124 valence electrons. The lowest BCUT2D eigenvalue weighted by Crippen LogP contribution is -2.44. The highest BCUT2D eigenvalue weighted by Gasteiger charge is 2.42. The first-order valence-electron chi connectivity index (χ1n) is 7.84. The van der Waals surface area contributed by atoms with E-state index in [1.807, 2.05) is 30.3 Å². The minimum absolute atomic E-state index is 0.154. The van der Waals surface area contributed by atoms with Crippen LogP contribution in [0.25, 0.3) is 0 Å². The van der Waals surface area contributed by atoms with E-state index in [2.05, 4.69) is 11.8 Å². The minimum atomic E-state index is -1.19. The Kier molecular flexibility index (Phi) is 4.36. The highest BCUT2D eigenvalue weighted by molar-refractivity contribution is 6.22. The number of fused-ring (bicyclic) bond motifs is 1. The Morgan fingerprint density at radius 2 is 1.64 bits per heavy atom. The van der Waals surface area contributed by atoms with Gasteiger partial charge in [-0.2, -0.15) is 0 Å². The Hall–Kier alpha value is -3.39. The summed E-state index contributed by atoms with van der Waals surface area (Å²) in [6.07, 6.45) is 0.154. The molecule has 1 aliphatic rings. The molecular weight excluding hydrogens is 318 g/mol. The lowest BCUT2D eigenvalue weighted by Gasteiger charge is -2.20. The first-order chi connectivity index (χ1) is 12.0. The molecule has 2 aromatic carbocycles. The van der Waals surface area contributed by atoms with Crippen molar-refractivity contribution in [2.45, 2.75) is 19.4 Å². The lowest BCUT2D eigenvalue weighted by molar-refractivity contribution is -0.141. The van der Waals surface area contributed by atoms with Gasteiger partial charge in [0.05, 0.1) is 11.1 Å². The van der Waals surface area contributed by atoms with E-state index < -0.39 is 23.8 Å². The molecule has 0 aliphatic carbocycles. The largest absolute Gasteiger partial charge is 0.480 e. The molecule has 0 radical (unpaired) electrons. The second-order valence-electron chi connectivity index (χ2n) is 5.62. The van der Waals surface area contributed by atoms with Crippen LogP contribution in [0.1, 0.15) is 45.2 Å². The Balaban J connectivity index is 1.95. The highest BCUT2D eigenvalue weighted by Crippen LogP contribution is 2.26. The number of carboxylic acids is 1. The van der Waals surface area contributed by atoms with Gasteiger partial charge in [-0.15, -0.1) is 0 Å². The highest BCUT2D eigenvalue weighted by atomic mass is 16.4. The van der Waals surface area contributed by atoms with Crippen LogP contribution in [0.2, 0.25) is 0 Å². The van der Waals surface area contributed by atoms with E-state index in [0.717, 1.165) is 10.5 Å². The van der Waals surface area contributed by atoms with Crippen molar-refractivity contribution in [1.29, 1.82) is 0 Å². The van der Waals surface area contributed by atoms with Gasteiger partial charge < -0.3 is 5.11 Å². The maximum Gasteiger partial charge on any atom is 0.326 e. The van der Waals surface area contributed by atoms with Gasteiger partial charge in [0.1, 0.15) is 6.04 Å². The van der Waals surface area contributed by atoms with E-state index in [9.17, 15) is 19.5 Å². The van der Waals surface area contributed by atoms with Crippen molar-refractivity contribution in [3.63, 3.8) is 0 Å². The summed E-state index contributed by atoms with van der Waals surface area (Å²) in [6, 6.07) is 13.0. The zero-order valence-electron chi connectivity index (χ0n) is 13.5. The summed E-state index contributed by atoms with van der Waals surface area (Å²) in [5.74, 6) is 3.59. The second-order valence-corrected chi connectivity index (χ2v) is 5.62. The Morgan fingerprint density at radius 3 is 2.28 bits per heavy atom. The fraction of sp³-hybridized carbons (Fsp3) is 0.150. The van der Waals surface area contributed by atoms with Crippen molar-refractivity contribution in [1.82, 2.24) is 4.90 Å². The Labute approximate surface area is 144 Å². The second kappa shape index (κ2) is 6.62. The van der Waals surface area contributed by atoms with Crippen LogP contribution in [0.4, 0.5) is 0 Å². The van der Waals surface area contributed by atoms with Crippen LogP contribution in [-0.4, -0.2) is 33.8 Å². The van der Waals surface area contributed by atoms with E-state index in [-0.39, 0.29) is 17.5 Å². The minimum Gasteiger partial charge on any atom is -0.480 e. The molecule has 0 unspecified atom stereocenters. The Morgan fingerprint density at radius 1 is 1.00 bits per heavy atom. The topological polar surface area (TPSA) is 74.7 Å². The van der Waals surface area contributed by atoms with Crippen molar-refractivity contribution in [3.8, 4) is 11.8 Å². The number of carbonyl (C=O) groups excluding carboxylic acids is 2.